The summed E-state index contributed by atoms with van der Waals surface area (Å²) in [4.78, 5) is 12.6. The minimum atomic E-state index is -4.23. The molecule has 0 spiro atoms. The Hall–Kier alpha value is -4.28. The molecule has 0 saturated heterocycles. The molecule has 6 nitrogen and oxygen atoms in total. The van der Waals surface area contributed by atoms with E-state index in [9.17, 15) is 17.2 Å². The number of benzene rings is 3. The molecule has 0 aliphatic rings. The van der Waals surface area contributed by atoms with Gasteiger partial charge in [0, 0.05) is 39.6 Å². The number of pyridine rings is 1. The van der Waals surface area contributed by atoms with Crippen LogP contribution in [0.4, 0.5) is 8.78 Å². The van der Waals surface area contributed by atoms with E-state index in [1.54, 1.807) is 48.9 Å². The molecule has 3 aromatic carbocycles. The van der Waals surface area contributed by atoms with Gasteiger partial charge in [-0.2, -0.15) is 0 Å². The number of halogens is 3. The highest BCUT2D eigenvalue weighted by molar-refractivity contribution is 9.10. The average molecular weight is 617 g/mol. The van der Waals surface area contributed by atoms with Crippen LogP contribution in [0, 0.1) is 18.6 Å². The van der Waals surface area contributed by atoms with Crippen LogP contribution in [0.5, 0.6) is 0 Å². The molecule has 6 aromatic rings. The van der Waals surface area contributed by atoms with Gasteiger partial charge >= 0.3 is 0 Å². The second kappa shape index (κ2) is 10.0. The molecule has 198 valence electrons. The Labute approximate surface area is 237 Å². The fourth-order valence-electron chi connectivity index (χ4n) is 4.69. The fourth-order valence-corrected chi connectivity index (χ4v) is 6.48. The quantitative estimate of drug-likeness (QED) is 0.201. The third-order valence-electron chi connectivity index (χ3n) is 6.61. The normalized spacial score (nSPS) is 11.7. The van der Waals surface area contributed by atoms with Crippen molar-refractivity contribution in [2.75, 3.05) is 0 Å². The molecule has 0 bridgehead atoms. The molecule has 0 aliphatic heterocycles. The van der Waals surface area contributed by atoms with Crippen LogP contribution in [-0.4, -0.2) is 27.3 Å². The molecule has 10 heteroatoms. The lowest BCUT2D eigenvalue weighted by atomic mass is 10.00. The monoisotopic (exact) mass is 616 g/mol. The van der Waals surface area contributed by atoms with Gasteiger partial charge in [0.2, 0.25) is 0 Å². The SMILES string of the molecule is Cc1cc(-c2cncnc2)ncc1-c1ccc2c(c1)cc(-c1c(F)cccc1F)n2S(=O)(=O)c1ccc(Br)cc1. The number of fused-ring (bicyclic) bond motifs is 1. The summed E-state index contributed by atoms with van der Waals surface area (Å²) in [7, 11) is -4.23. The largest absolute Gasteiger partial charge is 0.268 e. The van der Waals surface area contributed by atoms with Crippen LogP contribution in [0.3, 0.4) is 0 Å². The first kappa shape index (κ1) is 26.0. The number of aromatic nitrogens is 4. The first-order valence-corrected chi connectivity index (χ1v) is 14.3. The summed E-state index contributed by atoms with van der Waals surface area (Å²) in [6.07, 6.45) is 6.53. The van der Waals surface area contributed by atoms with Crippen LogP contribution in [0.15, 0.2) is 107 Å². The number of rotatable bonds is 5. The lowest BCUT2D eigenvalue weighted by Gasteiger charge is -2.14. The van der Waals surface area contributed by atoms with E-state index >= 15 is 0 Å². The predicted molar refractivity (Wildman–Crippen MR) is 153 cm³/mol. The molecule has 6 rings (SSSR count). The summed E-state index contributed by atoms with van der Waals surface area (Å²) in [6.45, 7) is 1.94. The Bertz CT molecular complexity index is 1990. The van der Waals surface area contributed by atoms with Crippen molar-refractivity contribution < 1.29 is 17.2 Å². The first-order valence-electron chi connectivity index (χ1n) is 12.1. The van der Waals surface area contributed by atoms with Crippen molar-refractivity contribution in [3.8, 4) is 33.6 Å². The number of aryl methyl sites for hydroxylation is 1. The molecule has 0 aliphatic carbocycles. The second-order valence-corrected chi connectivity index (χ2v) is 11.8. The van der Waals surface area contributed by atoms with Crippen LogP contribution in [0.2, 0.25) is 0 Å². The van der Waals surface area contributed by atoms with Gasteiger partial charge in [-0.3, -0.25) is 4.98 Å². The van der Waals surface area contributed by atoms with Gasteiger partial charge in [-0.15, -0.1) is 0 Å². The smallest absolute Gasteiger partial charge is 0.255 e. The minimum absolute atomic E-state index is 0.0178. The molecule has 0 saturated carbocycles. The van der Waals surface area contributed by atoms with E-state index in [1.807, 2.05) is 13.0 Å². The topological polar surface area (TPSA) is 77.7 Å². The van der Waals surface area contributed by atoms with Crippen LogP contribution in [-0.2, 0) is 10.0 Å². The highest BCUT2D eigenvalue weighted by Gasteiger charge is 2.27. The van der Waals surface area contributed by atoms with Crippen LogP contribution in [0.1, 0.15) is 5.56 Å². The molecule has 0 unspecified atom stereocenters. The van der Waals surface area contributed by atoms with Crippen molar-refractivity contribution in [1.29, 1.82) is 0 Å². The highest BCUT2D eigenvalue weighted by atomic mass is 79.9. The standard InChI is InChI=1S/C30H19BrF2N4O2S/c1-18-11-27(21-14-34-17-35-15-21)36-16-24(18)19-5-10-28-20(12-19)13-29(30-25(32)3-2-4-26(30)33)37(28)40(38,39)23-8-6-22(31)7-9-23/h2-17H,1H3. The van der Waals surface area contributed by atoms with Crippen molar-refractivity contribution >= 4 is 36.9 Å². The Balaban J connectivity index is 1.55. The lowest BCUT2D eigenvalue weighted by molar-refractivity contribution is 0.583. The Kier molecular flexibility index (Phi) is 6.52. The van der Waals surface area contributed by atoms with Gasteiger partial charge in [0.15, 0.2) is 0 Å². The van der Waals surface area contributed by atoms with E-state index in [0.29, 0.717) is 15.6 Å². The van der Waals surface area contributed by atoms with Crippen LogP contribution < -0.4 is 0 Å². The zero-order valence-electron chi connectivity index (χ0n) is 20.9. The maximum absolute atomic E-state index is 15.0. The van der Waals surface area contributed by atoms with Crippen molar-refractivity contribution in [2.45, 2.75) is 11.8 Å². The molecule has 3 aromatic heterocycles. The highest BCUT2D eigenvalue weighted by Crippen LogP contribution is 2.37. The fraction of sp³-hybridized carbons (Fsp3) is 0.0333. The van der Waals surface area contributed by atoms with E-state index in [-0.39, 0.29) is 16.1 Å². The van der Waals surface area contributed by atoms with Crippen molar-refractivity contribution in [3.63, 3.8) is 0 Å². The van der Waals surface area contributed by atoms with Gasteiger partial charge in [-0.25, -0.2) is 31.1 Å². The van der Waals surface area contributed by atoms with E-state index < -0.39 is 27.2 Å². The second-order valence-electron chi connectivity index (χ2n) is 9.13. The van der Waals surface area contributed by atoms with E-state index in [0.717, 1.165) is 38.4 Å². The molecule has 0 radical (unpaired) electrons. The molecule has 0 N–H and O–H groups in total. The zero-order chi connectivity index (χ0) is 28.0. The molecule has 40 heavy (non-hydrogen) atoms. The van der Waals surface area contributed by atoms with Gasteiger partial charge in [-0.1, -0.05) is 28.1 Å². The molecule has 0 amide bonds. The van der Waals surface area contributed by atoms with Gasteiger partial charge in [0.05, 0.1) is 27.4 Å². The number of hydrogen-bond donors (Lipinski definition) is 0. The summed E-state index contributed by atoms with van der Waals surface area (Å²) >= 11 is 3.31. The van der Waals surface area contributed by atoms with Crippen molar-refractivity contribution in [1.82, 2.24) is 18.9 Å². The van der Waals surface area contributed by atoms with E-state index in [4.69, 9.17) is 0 Å². The molecule has 0 fully saturated rings. The number of hydrogen-bond acceptors (Lipinski definition) is 5. The Morgan fingerprint density at radius 1 is 0.825 bits per heavy atom. The predicted octanol–water partition coefficient (Wildman–Crippen LogP) is 7.41. The molecule has 3 heterocycles. The summed E-state index contributed by atoms with van der Waals surface area (Å²) < 4.78 is 59.5. The zero-order valence-corrected chi connectivity index (χ0v) is 23.3. The lowest BCUT2D eigenvalue weighted by Crippen LogP contribution is -2.14. The third-order valence-corrected chi connectivity index (χ3v) is 8.88. The van der Waals surface area contributed by atoms with Crippen LogP contribution in [0.25, 0.3) is 44.5 Å². The summed E-state index contributed by atoms with van der Waals surface area (Å²) in [5.41, 5.74) is 3.76. The molecular formula is C30H19BrF2N4O2S. The minimum Gasteiger partial charge on any atom is -0.255 e. The summed E-state index contributed by atoms with van der Waals surface area (Å²) in [6, 6.07) is 18.1. The van der Waals surface area contributed by atoms with Gasteiger partial charge in [0.1, 0.15) is 18.0 Å². The summed E-state index contributed by atoms with van der Waals surface area (Å²) in [5.74, 6) is -1.73. The molecular weight excluding hydrogens is 598 g/mol. The summed E-state index contributed by atoms with van der Waals surface area (Å²) in [5, 5.41) is 0.496. The third kappa shape index (κ3) is 4.48. The van der Waals surface area contributed by atoms with E-state index in [2.05, 4.69) is 30.9 Å². The van der Waals surface area contributed by atoms with Gasteiger partial charge < -0.3 is 0 Å². The first-order chi connectivity index (χ1) is 19.2. The maximum atomic E-state index is 15.0. The van der Waals surface area contributed by atoms with E-state index in [1.165, 1.54) is 30.6 Å². The van der Waals surface area contributed by atoms with Gasteiger partial charge in [-0.05, 0) is 78.7 Å². The molecule has 0 atom stereocenters. The van der Waals surface area contributed by atoms with Crippen LogP contribution >= 0.6 is 15.9 Å². The number of nitrogens with zero attached hydrogens (tertiary/aromatic N) is 4. The van der Waals surface area contributed by atoms with Gasteiger partial charge in [0.25, 0.3) is 10.0 Å². The van der Waals surface area contributed by atoms with Crippen molar-refractivity contribution in [2.24, 2.45) is 0 Å². The Morgan fingerprint density at radius 3 is 2.20 bits per heavy atom. The maximum Gasteiger partial charge on any atom is 0.268 e. The average Bonchev–Trinajstić information content (AvgIpc) is 3.32. The van der Waals surface area contributed by atoms with Crippen molar-refractivity contribution in [3.05, 3.63) is 119 Å². The Morgan fingerprint density at radius 2 is 1.52 bits per heavy atom.